The third-order valence-corrected chi connectivity index (χ3v) is 5.58. The molecule has 4 heteroatoms. The first kappa shape index (κ1) is 19.2. The lowest BCUT2D eigenvalue weighted by atomic mass is 9.78. The molecular formula is C24H24ClNO2. The van der Waals surface area contributed by atoms with Crippen LogP contribution in [0.2, 0.25) is 5.02 Å². The van der Waals surface area contributed by atoms with Crippen LogP contribution in [0.5, 0.6) is 0 Å². The van der Waals surface area contributed by atoms with Crippen LogP contribution in [0, 0.1) is 0 Å². The minimum atomic E-state index is -0.690. The Morgan fingerprint density at radius 1 is 1.00 bits per heavy atom. The van der Waals surface area contributed by atoms with Gasteiger partial charge in [0.25, 0.3) is 0 Å². The van der Waals surface area contributed by atoms with Gasteiger partial charge in [0.15, 0.2) is 0 Å². The second kappa shape index (κ2) is 8.06. The van der Waals surface area contributed by atoms with E-state index in [0.29, 0.717) is 18.2 Å². The number of aliphatic hydroxyl groups excluding tert-OH is 1. The van der Waals surface area contributed by atoms with Crippen LogP contribution < -0.4 is 5.32 Å². The lowest BCUT2D eigenvalue weighted by Crippen LogP contribution is -2.49. The molecule has 1 saturated heterocycles. The van der Waals surface area contributed by atoms with Gasteiger partial charge in [-0.25, -0.2) is 0 Å². The number of ether oxygens (including phenoxy) is 1. The number of hydrogen-bond donors (Lipinski definition) is 2. The van der Waals surface area contributed by atoms with Crippen molar-refractivity contribution in [3.05, 3.63) is 94.5 Å². The number of aliphatic hydroxyl groups is 1. The van der Waals surface area contributed by atoms with E-state index in [9.17, 15) is 5.11 Å². The Morgan fingerprint density at radius 3 is 2.46 bits per heavy atom. The molecule has 0 amide bonds. The predicted octanol–water partition coefficient (Wildman–Crippen LogP) is 4.92. The van der Waals surface area contributed by atoms with Crippen molar-refractivity contribution in [2.45, 2.75) is 18.6 Å². The maximum absolute atomic E-state index is 10.4. The van der Waals surface area contributed by atoms with E-state index in [1.165, 1.54) is 0 Å². The fraction of sp³-hybridized carbons (Fsp3) is 0.250. The summed E-state index contributed by atoms with van der Waals surface area (Å²) in [5.74, 6) is 0. The number of morpholine rings is 1. The zero-order chi connectivity index (χ0) is 19.6. The summed E-state index contributed by atoms with van der Waals surface area (Å²) in [6, 6.07) is 24.2. The Balaban J connectivity index is 1.96. The number of halogens is 1. The van der Waals surface area contributed by atoms with Crippen LogP contribution in [0.25, 0.3) is 11.1 Å². The van der Waals surface area contributed by atoms with Gasteiger partial charge in [0, 0.05) is 18.1 Å². The topological polar surface area (TPSA) is 41.5 Å². The number of rotatable bonds is 4. The summed E-state index contributed by atoms with van der Waals surface area (Å²) < 4.78 is 6.51. The van der Waals surface area contributed by atoms with E-state index in [1.807, 2.05) is 48.5 Å². The first-order chi connectivity index (χ1) is 13.6. The van der Waals surface area contributed by atoms with Crippen LogP contribution in [0.1, 0.15) is 29.7 Å². The van der Waals surface area contributed by atoms with Gasteiger partial charge in [-0.05, 0) is 46.9 Å². The summed E-state index contributed by atoms with van der Waals surface area (Å²) in [5, 5.41) is 14.6. The van der Waals surface area contributed by atoms with Gasteiger partial charge in [0.2, 0.25) is 0 Å². The summed E-state index contributed by atoms with van der Waals surface area (Å²) in [4.78, 5) is 0. The Morgan fingerprint density at radius 2 is 1.75 bits per heavy atom. The molecule has 1 aliphatic heterocycles. The van der Waals surface area contributed by atoms with Crippen LogP contribution in [-0.4, -0.2) is 24.8 Å². The quantitative estimate of drug-likeness (QED) is 0.660. The summed E-state index contributed by atoms with van der Waals surface area (Å²) in [6.45, 7) is 3.83. The van der Waals surface area contributed by atoms with Crippen molar-refractivity contribution in [3.8, 4) is 11.1 Å². The lowest BCUT2D eigenvalue weighted by Gasteiger charge is -2.41. The number of hydrogen-bond acceptors (Lipinski definition) is 3. The Bertz CT molecular complexity index is 964. The highest BCUT2D eigenvalue weighted by molar-refractivity contribution is 6.30. The van der Waals surface area contributed by atoms with E-state index >= 15 is 0 Å². The first-order valence-electron chi connectivity index (χ1n) is 9.59. The van der Waals surface area contributed by atoms with E-state index in [0.717, 1.165) is 34.4 Å². The van der Waals surface area contributed by atoms with E-state index in [2.05, 4.69) is 29.6 Å². The minimum Gasteiger partial charge on any atom is -0.389 e. The van der Waals surface area contributed by atoms with Crippen molar-refractivity contribution in [2.75, 3.05) is 19.7 Å². The molecule has 0 spiro atoms. The van der Waals surface area contributed by atoms with Gasteiger partial charge in [-0.15, -0.1) is 0 Å². The zero-order valence-corrected chi connectivity index (χ0v) is 16.6. The largest absolute Gasteiger partial charge is 0.389 e. The van der Waals surface area contributed by atoms with Crippen molar-refractivity contribution in [2.24, 2.45) is 0 Å². The standard InChI is InChI=1S/C24H24ClNO2/c1-17(27)20-9-2-4-11-22(20)24(16-26-13-14-28-24)23-12-5-3-10-21(23)18-7-6-8-19(25)15-18/h2-12,15,17,26-27H,13-14,16H2,1H3. The number of nitrogens with one attached hydrogen (secondary N) is 1. The maximum atomic E-state index is 10.4. The molecule has 2 atom stereocenters. The van der Waals surface area contributed by atoms with Crippen LogP contribution in [0.4, 0.5) is 0 Å². The van der Waals surface area contributed by atoms with Gasteiger partial charge >= 0.3 is 0 Å². The van der Waals surface area contributed by atoms with Crippen molar-refractivity contribution in [3.63, 3.8) is 0 Å². The predicted molar refractivity (Wildman–Crippen MR) is 114 cm³/mol. The van der Waals surface area contributed by atoms with E-state index in [-0.39, 0.29) is 0 Å². The molecule has 0 saturated carbocycles. The average molecular weight is 394 g/mol. The van der Waals surface area contributed by atoms with E-state index in [4.69, 9.17) is 16.3 Å². The summed E-state index contributed by atoms with van der Waals surface area (Å²) in [6.07, 6.45) is -0.586. The van der Waals surface area contributed by atoms with E-state index in [1.54, 1.807) is 6.92 Å². The van der Waals surface area contributed by atoms with Crippen LogP contribution in [-0.2, 0) is 10.3 Å². The molecule has 28 heavy (non-hydrogen) atoms. The third-order valence-electron chi connectivity index (χ3n) is 5.34. The second-order valence-corrected chi connectivity index (χ2v) is 7.61. The molecule has 3 nitrogen and oxygen atoms in total. The third kappa shape index (κ3) is 3.47. The molecule has 144 valence electrons. The lowest BCUT2D eigenvalue weighted by molar-refractivity contribution is -0.0416. The number of benzene rings is 3. The molecule has 1 aliphatic rings. The SMILES string of the molecule is CC(O)c1ccccc1C1(c2ccccc2-c2cccc(Cl)c2)CNCCO1. The van der Waals surface area contributed by atoms with Crippen molar-refractivity contribution in [1.29, 1.82) is 0 Å². The van der Waals surface area contributed by atoms with E-state index < -0.39 is 11.7 Å². The molecule has 3 aromatic carbocycles. The summed E-state index contributed by atoms with van der Waals surface area (Å²) in [5.41, 5.74) is 4.38. The Hall–Kier alpha value is -2.17. The van der Waals surface area contributed by atoms with Gasteiger partial charge in [0.05, 0.1) is 12.7 Å². The highest BCUT2D eigenvalue weighted by Crippen LogP contribution is 2.42. The van der Waals surface area contributed by atoms with Crippen LogP contribution >= 0.6 is 11.6 Å². The van der Waals surface area contributed by atoms with Crippen LogP contribution in [0.15, 0.2) is 72.8 Å². The second-order valence-electron chi connectivity index (χ2n) is 7.17. The zero-order valence-electron chi connectivity index (χ0n) is 15.9. The minimum absolute atomic E-state index is 0.586. The Labute approximate surface area is 170 Å². The molecular weight excluding hydrogens is 370 g/mol. The molecule has 4 rings (SSSR count). The smallest absolute Gasteiger partial charge is 0.131 e. The normalized spacial score (nSPS) is 20.7. The molecule has 0 bridgehead atoms. The fourth-order valence-corrected chi connectivity index (χ4v) is 4.27. The highest BCUT2D eigenvalue weighted by atomic mass is 35.5. The molecule has 1 heterocycles. The Kier molecular flexibility index (Phi) is 5.51. The molecule has 0 radical (unpaired) electrons. The molecule has 0 aliphatic carbocycles. The average Bonchev–Trinajstić information content (AvgIpc) is 2.74. The molecule has 1 fully saturated rings. The fourth-order valence-electron chi connectivity index (χ4n) is 4.08. The summed E-state index contributed by atoms with van der Waals surface area (Å²) in [7, 11) is 0. The van der Waals surface area contributed by atoms with Gasteiger partial charge in [0.1, 0.15) is 5.60 Å². The van der Waals surface area contributed by atoms with Gasteiger partial charge in [-0.1, -0.05) is 72.3 Å². The van der Waals surface area contributed by atoms with Gasteiger partial charge in [-0.3, -0.25) is 0 Å². The molecule has 3 aromatic rings. The van der Waals surface area contributed by atoms with Crippen molar-refractivity contribution >= 4 is 11.6 Å². The van der Waals surface area contributed by atoms with Crippen LogP contribution in [0.3, 0.4) is 0 Å². The van der Waals surface area contributed by atoms with Crippen molar-refractivity contribution in [1.82, 2.24) is 5.32 Å². The molecule has 2 unspecified atom stereocenters. The van der Waals surface area contributed by atoms with Gasteiger partial charge < -0.3 is 15.2 Å². The molecule has 2 N–H and O–H groups in total. The molecule has 0 aromatic heterocycles. The summed E-state index contributed by atoms with van der Waals surface area (Å²) >= 11 is 6.27. The maximum Gasteiger partial charge on any atom is 0.131 e. The van der Waals surface area contributed by atoms with Crippen molar-refractivity contribution < 1.29 is 9.84 Å². The monoisotopic (exact) mass is 393 g/mol. The van der Waals surface area contributed by atoms with Gasteiger partial charge in [-0.2, -0.15) is 0 Å². The first-order valence-corrected chi connectivity index (χ1v) is 9.97. The highest BCUT2D eigenvalue weighted by Gasteiger charge is 2.41.